The quantitative estimate of drug-likeness (QED) is 0.109. The van der Waals surface area contributed by atoms with Crippen molar-refractivity contribution in [3.8, 4) is 0 Å². The average molecular weight is 530 g/mol. The van der Waals surface area contributed by atoms with Crippen LogP contribution in [-0.2, 0) is 42.9 Å². The highest BCUT2D eigenvalue weighted by atomic mass is 16.6. The van der Waals surface area contributed by atoms with Gasteiger partial charge in [0.2, 0.25) is 5.91 Å². The van der Waals surface area contributed by atoms with Gasteiger partial charge in [-0.3, -0.25) is 9.59 Å². The third-order valence-electron chi connectivity index (χ3n) is 4.17. The topological polar surface area (TPSA) is 185 Å². The minimum Gasteiger partial charge on any atom is -0.469 e. The minimum atomic E-state index is -1.37. The van der Waals surface area contributed by atoms with Crippen molar-refractivity contribution in [1.82, 2.24) is 16.0 Å². The van der Waals surface area contributed by atoms with Gasteiger partial charge in [-0.2, -0.15) is 0 Å². The lowest BCUT2D eigenvalue weighted by Gasteiger charge is -2.29. The number of ether oxygens (including phenoxy) is 5. The van der Waals surface area contributed by atoms with Crippen molar-refractivity contribution >= 4 is 36.0 Å². The molecule has 0 aromatic carbocycles. The van der Waals surface area contributed by atoms with E-state index in [0.717, 1.165) is 0 Å². The fraction of sp³-hybridized carbons (Fsp3) is 0.565. The molecule has 14 heteroatoms. The van der Waals surface area contributed by atoms with Crippen molar-refractivity contribution in [1.29, 1.82) is 0 Å². The zero-order valence-electron chi connectivity index (χ0n) is 21.6. The summed E-state index contributed by atoms with van der Waals surface area (Å²) in [5, 5.41) is 7.27. The fourth-order valence-corrected chi connectivity index (χ4v) is 2.22. The molecule has 0 aromatic heterocycles. The largest absolute Gasteiger partial charge is 0.469 e. The van der Waals surface area contributed by atoms with E-state index in [1.165, 1.54) is 27.9 Å². The maximum Gasteiger partial charge on any atom is 0.407 e. The lowest BCUT2D eigenvalue weighted by atomic mass is 10.0. The van der Waals surface area contributed by atoms with E-state index in [1.54, 1.807) is 0 Å². The Bertz CT molecular complexity index is 820. The van der Waals surface area contributed by atoms with Gasteiger partial charge in [0.05, 0.1) is 26.6 Å². The first kappa shape index (κ1) is 32.9. The second-order valence-electron chi connectivity index (χ2n) is 8.02. The number of carbonyl (C=O) groups is 6. The Morgan fingerprint density at radius 2 is 1.16 bits per heavy atom. The second kappa shape index (κ2) is 17.3. The molecular formula is C23H35N3O11. The number of hydrogen-bond donors (Lipinski definition) is 3. The van der Waals surface area contributed by atoms with E-state index in [4.69, 9.17) is 18.9 Å². The highest BCUT2D eigenvalue weighted by molar-refractivity contribution is 5.87. The van der Waals surface area contributed by atoms with Crippen molar-refractivity contribution in [2.24, 2.45) is 0 Å². The van der Waals surface area contributed by atoms with E-state index in [0.29, 0.717) is 0 Å². The van der Waals surface area contributed by atoms with E-state index in [1.807, 2.05) is 0 Å². The van der Waals surface area contributed by atoms with E-state index in [2.05, 4.69) is 33.8 Å². The molecule has 3 amide bonds. The molecule has 0 radical (unpaired) electrons. The van der Waals surface area contributed by atoms with Crippen LogP contribution >= 0.6 is 0 Å². The van der Waals surface area contributed by atoms with Crippen LogP contribution in [0, 0.1) is 0 Å². The van der Waals surface area contributed by atoms with Crippen LogP contribution in [0.15, 0.2) is 24.3 Å². The fourth-order valence-electron chi connectivity index (χ4n) is 2.22. The first-order chi connectivity index (χ1) is 17.3. The Morgan fingerprint density at radius 3 is 1.54 bits per heavy atom. The lowest BCUT2D eigenvalue weighted by molar-refractivity contribution is -0.142. The molecule has 0 rings (SSSR count). The van der Waals surface area contributed by atoms with Crippen LogP contribution in [0.2, 0.25) is 0 Å². The molecule has 0 saturated heterocycles. The smallest absolute Gasteiger partial charge is 0.407 e. The summed E-state index contributed by atoms with van der Waals surface area (Å²) >= 11 is 0. The molecule has 0 aliphatic heterocycles. The molecule has 0 bridgehead atoms. The highest BCUT2D eigenvalue weighted by Crippen LogP contribution is 2.08. The van der Waals surface area contributed by atoms with Crippen LogP contribution < -0.4 is 16.0 Å². The minimum absolute atomic E-state index is 0.0467. The Kier molecular flexibility index (Phi) is 15.4. The normalized spacial score (nSPS) is 10.3. The van der Waals surface area contributed by atoms with Crippen molar-refractivity contribution in [2.75, 3.05) is 46.6 Å². The Morgan fingerprint density at radius 1 is 0.730 bits per heavy atom. The number of nitrogens with one attached hydrogen (secondary N) is 3. The van der Waals surface area contributed by atoms with Gasteiger partial charge in [0, 0.05) is 17.6 Å². The summed E-state index contributed by atoms with van der Waals surface area (Å²) in [6.45, 7) is 10.1. The molecule has 0 spiro atoms. The number of hydrogen-bond acceptors (Lipinski definition) is 11. The molecular weight excluding hydrogens is 494 g/mol. The van der Waals surface area contributed by atoms with Crippen molar-refractivity contribution in [3.63, 3.8) is 0 Å². The predicted molar refractivity (Wildman–Crippen MR) is 128 cm³/mol. The van der Waals surface area contributed by atoms with Gasteiger partial charge < -0.3 is 39.6 Å². The van der Waals surface area contributed by atoms with E-state index >= 15 is 0 Å². The molecule has 37 heavy (non-hydrogen) atoms. The zero-order valence-corrected chi connectivity index (χ0v) is 21.6. The summed E-state index contributed by atoms with van der Waals surface area (Å²) in [4.78, 5) is 70.2. The van der Waals surface area contributed by atoms with Gasteiger partial charge >= 0.3 is 30.1 Å². The van der Waals surface area contributed by atoms with E-state index < -0.39 is 54.8 Å². The van der Waals surface area contributed by atoms with Gasteiger partial charge in [-0.25, -0.2) is 19.2 Å². The van der Waals surface area contributed by atoms with Gasteiger partial charge in [0.15, 0.2) is 0 Å². The Balaban J connectivity index is 4.81. The molecule has 3 N–H and O–H groups in total. The maximum absolute atomic E-state index is 12.3. The summed E-state index contributed by atoms with van der Waals surface area (Å²) in [5.41, 5.74) is -0.961. The van der Waals surface area contributed by atoms with Gasteiger partial charge in [0.25, 0.3) is 0 Å². The molecule has 0 heterocycles. The van der Waals surface area contributed by atoms with Crippen molar-refractivity contribution in [2.45, 2.75) is 39.2 Å². The number of esters is 3. The third-order valence-corrected chi connectivity index (χ3v) is 4.17. The second-order valence-corrected chi connectivity index (χ2v) is 8.02. The molecule has 0 aliphatic rings. The van der Waals surface area contributed by atoms with Gasteiger partial charge in [-0.15, -0.1) is 0 Å². The molecule has 14 nitrogen and oxygen atoms in total. The predicted octanol–water partition coefficient (Wildman–Crippen LogP) is 0.506. The number of carbonyl (C=O) groups excluding carboxylic acids is 6. The Hall–Kier alpha value is -4.10. The van der Waals surface area contributed by atoms with Gasteiger partial charge in [0.1, 0.15) is 32.0 Å². The third kappa shape index (κ3) is 16.2. The monoisotopic (exact) mass is 529 g/mol. The molecule has 208 valence electrons. The number of methoxy groups -OCH3 is 1. The SMILES string of the molecule is C=C(C)C(=O)OCCNC(=O)OCC(C)(COC(=O)NCCOC(=O)C(=C)C)NC(=O)CCC(=O)OC. The molecule has 0 aromatic rings. The van der Waals surface area contributed by atoms with Crippen LogP contribution in [0.25, 0.3) is 0 Å². The van der Waals surface area contributed by atoms with Crippen LogP contribution in [0.3, 0.4) is 0 Å². The average Bonchev–Trinajstić information content (AvgIpc) is 2.84. The summed E-state index contributed by atoms with van der Waals surface area (Å²) < 4.78 is 24.4. The van der Waals surface area contributed by atoms with Crippen LogP contribution in [0.4, 0.5) is 9.59 Å². The highest BCUT2D eigenvalue weighted by Gasteiger charge is 2.31. The summed E-state index contributed by atoms with van der Waals surface area (Å²) in [5.74, 6) is -2.40. The van der Waals surface area contributed by atoms with E-state index in [-0.39, 0.29) is 50.3 Å². The number of alkyl carbamates (subject to hydrolysis) is 2. The van der Waals surface area contributed by atoms with Crippen LogP contribution in [-0.4, -0.2) is 88.2 Å². The number of amides is 3. The lowest BCUT2D eigenvalue weighted by Crippen LogP contribution is -2.54. The van der Waals surface area contributed by atoms with Crippen molar-refractivity contribution in [3.05, 3.63) is 24.3 Å². The molecule has 0 aliphatic carbocycles. The van der Waals surface area contributed by atoms with E-state index in [9.17, 15) is 28.8 Å². The molecule has 0 saturated carbocycles. The van der Waals surface area contributed by atoms with Crippen LogP contribution in [0.1, 0.15) is 33.6 Å². The van der Waals surface area contributed by atoms with Crippen LogP contribution in [0.5, 0.6) is 0 Å². The molecule has 0 fully saturated rings. The summed E-state index contributed by atoms with van der Waals surface area (Å²) in [6, 6.07) is 0. The Labute approximate surface area is 215 Å². The first-order valence-corrected chi connectivity index (χ1v) is 11.1. The van der Waals surface area contributed by atoms with Crippen molar-refractivity contribution < 1.29 is 52.5 Å². The summed E-state index contributed by atoms with van der Waals surface area (Å²) in [7, 11) is 1.18. The zero-order chi connectivity index (χ0) is 28.4. The first-order valence-electron chi connectivity index (χ1n) is 11.1. The molecule has 0 unspecified atom stereocenters. The summed E-state index contributed by atoms with van der Waals surface area (Å²) in [6.07, 6.45) is -2.18. The maximum atomic E-state index is 12.3. The number of rotatable bonds is 16. The molecule has 0 atom stereocenters. The standard InChI is InChI=1S/C23H35N3O11/c1-15(2)19(29)34-11-9-24-21(31)36-13-23(5,26-17(27)7-8-18(28)33-6)14-37-22(32)25-10-12-35-20(30)16(3)4/h1,3,7-14H2,2,4-6H3,(H,24,31)(H,25,32)(H,26,27). The van der Waals surface area contributed by atoms with Gasteiger partial charge in [-0.05, 0) is 20.8 Å². The van der Waals surface area contributed by atoms with Gasteiger partial charge in [-0.1, -0.05) is 13.2 Å².